The van der Waals surface area contributed by atoms with Crippen LogP contribution in [0.3, 0.4) is 0 Å². The monoisotopic (exact) mass is 560 g/mol. The molecule has 0 saturated carbocycles. The van der Waals surface area contributed by atoms with Gasteiger partial charge in [-0.15, -0.1) is 0 Å². The van der Waals surface area contributed by atoms with E-state index < -0.39 is 10.5 Å². The fourth-order valence-electron chi connectivity index (χ4n) is 3.82. The molecule has 186 valence electrons. The maximum atomic E-state index is 13.4. The summed E-state index contributed by atoms with van der Waals surface area (Å²) in [6, 6.07) is 19.2. The van der Waals surface area contributed by atoms with Crippen LogP contribution in [-0.2, 0) is 0 Å². The average Bonchev–Trinajstić information content (AvgIpc) is 3.33. The van der Waals surface area contributed by atoms with E-state index >= 15 is 0 Å². The fraction of sp³-hybridized carbons (Fsp3) is 0.148. The van der Waals surface area contributed by atoms with Crippen LogP contribution in [0.25, 0.3) is 33.5 Å². The van der Waals surface area contributed by atoms with E-state index in [4.69, 9.17) is 9.15 Å². The number of fused-ring (bicyclic) bond motifs is 2. The van der Waals surface area contributed by atoms with Crippen molar-refractivity contribution in [2.45, 2.75) is 26.4 Å². The highest BCUT2D eigenvalue weighted by atomic mass is 79.9. The van der Waals surface area contributed by atoms with Crippen molar-refractivity contribution in [2.75, 3.05) is 0 Å². The van der Waals surface area contributed by atoms with Gasteiger partial charge in [0.2, 0.25) is 11.6 Å². The first kappa shape index (κ1) is 24.4. The van der Waals surface area contributed by atoms with E-state index in [1.54, 1.807) is 36.4 Å². The van der Waals surface area contributed by atoms with Crippen molar-refractivity contribution >= 4 is 49.7 Å². The molecule has 2 aromatic heterocycles. The molecule has 1 atom stereocenters. The first-order valence-corrected chi connectivity index (χ1v) is 12.3. The van der Waals surface area contributed by atoms with Crippen LogP contribution in [0.2, 0.25) is 0 Å². The molecule has 0 amide bonds. The second-order valence-corrected chi connectivity index (χ2v) is 9.26. The molecule has 3 aromatic carbocycles. The number of hydrogen-bond donors (Lipinski definition) is 0. The summed E-state index contributed by atoms with van der Waals surface area (Å²) in [5.74, 6) is 0.719. The number of benzene rings is 3. The summed E-state index contributed by atoms with van der Waals surface area (Å²) in [6.07, 6.45) is 1.85. The molecule has 0 aliphatic heterocycles. The van der Waals surface area contributed by atoms with Gasteiger partial charge in [0.1, 0.15) is 5.58 Å². The van der Waals surface area contributed by atoms with Crippen molar-refractivity contribution < 1.29 is 14.1 Å². The molecule has 0 radical (unpaired) electrons. The van der Waals surface area contributed by atoms with Crippen molar-refractivity contribution in [1.82, 2.24) is 9.66 Å². The summed E-state index contributed by atoms with van der Waals surface area (Å²) >= 11 is 3.38. The lowest BCUT2D eigenvalue weighted by Crippen LogP contribution is -2.20. The minimum absolute atomic E-state index is 0.143. The zero-order valence-corrected chi connectivity index (χ0v) is 21.5. The van der Waals surface area contributed by atoms with Crippen LogP contribution < -0.4 is 10.3 Å². The highest BCUT2D eigenvalue weighted by Gasteiger charge is 2.22. The van der Waals surface area contributed by atoms with Crippen molar-refractivity contribution in [3.05, 3.63) is 97.2 Å². The van der Waals surface area contributed by atoms with E-state index in [2.05, 4.69) is 26.0 Å². The third kappa shape index (κ3) is 4.75. The predicted molar refractivity (Wildman–Crippen MR) is 145 cm³/mol. The van der Waals surface area contributed by atoms with E-state index in [-0.39, 0.29) is 23.4 Å². The molecule has 0 aliphatic carbocycles. The molecular weight excluding hydrogens is 540 g/mol. The Labute approximate surface area is 219 Å². The zero-order valence-electron chi connectivity index (χ0n) is 19.9. The second kappa shape index (κ2) is 9.98. The summed E-state index contributed by atoms with van der Waals surface area (Å²) in [7, 11) is 0. The Morgan fingerprint density at radius 3 is 2.70 bits per heavy atom. The number of ether oxygens (including phenoxy) is 1. The Morgan fingerprint density at radius 1 is 1.19 bits per heavy atom. The van der Waals surface area contributed by atoms with E-state index in [0.717, 1.165) is 10.1 Å². The molecule has 2 heterocycles. The number of nitro groups is 1. The summed E-state index contributed by atoms with van der Waals surface area (Å²) in [4.78, 5) is 29.4. The molecule has 0 saturated heterocycles. The Hall–Kier alpha value is -4.31. The van der Waals surface area contributed by atoms with Crippen LogP contribution in [0.15, 0.2) is 85.5 Å². The van der Waals surface area contributed by atoms with Crippen molar-refractivity contribution in [3.8, 4) is 17.3 Å². The van der Waals surface area contributed by atoms with Gasteiger partial charge < -0.3 is 9.15 Å². The van der Waals surface area contributed by atoms with E-state index in [9.17, 15) is 14.9 Å². The van der Waals surface area contributed by atoms with Gasteiger partial charge in [0, 0.05) is 17.0 Å². The Morgan fingerprint density at radius 2 is 1.95 bits per heavy atom. The number of aromatic nitrogens is 2. The van der Waals surface area contributed by atoms with E-state index in [1.165, 1.54) is 12.3 Å². The first-order chi connectivity index (χ1) is 17.9. The van der Waals surface area contributed by atoms with Crippen molar-refractivity contribution in [3.63, 3.8) is 0 Å². The molecule has 0 bridgehead atoms. The van der Waals surface area contributed by atoms with Gasteiger partial charge in [-0.1, -0.05) is 37.3 Å². The Kier molecular flexibility index (Phi) is 6.58. The van der Waals surface area contributed by atoms with Gasteiger partial charge in [0.05, 0.1) is 32.6 Å². The summed E-state index contributed by atoms with van der Waals surface area (Å²) in [6.45, 7) is 3.77. The fourth-order valence-corrected chi connectivity index (χ4v) is 4.38. The number of nitro benzene ring substituents is 1. The third-order valence-electron chi connectivity index (χ3n) is 5.86. The molecule has 0 spiro atoms. The van der Waals surface area contributed by atoms with Gasteiger partial charge in [-0.05, 0) is 59.6 Å². The van der Waals surface area contributed by atoms with Crippen LogP contribution in [0.1, 0.15) is 25.8 Å². The van der Waals surface area contributed by atoms with Gasteiger partial charge in [-0.25, -0.2) is 4.98 Å². The normalized spacial score (nSPS) is 12.4. The van der Waals surface area contributed by atoms with Gasteiger partial charge in [-0.2, -0.15) is 9.78 Å². The maximum Gasteiger partial charge on any atom is 0.312 e. The van der Waals surface area contributed by atoms with E-state index in [1.807, 2.05) is 38.1 Å². The molecule has 37 heavy (non-hydrogen) atoms. The quantitative estimate of drug-likeness (QED) is 0.127. The van der Waals surface area contributed by atoms with Gasteiger partial charge in [0.15, 0.2) is 5.76 Å². The molecule has 5 aromatic rings. The average molecular weight is 561 g/mol. The number of halogens is 1. The highest BCUT2D eigenvalue weighted by Crippen LogP contribution is 2.37. The number of para-hydroxylation sites is 2. The number of furan rings is 1. The van der Waals surface area contributed by atoms with Gasteiger partial charge in [0.25, 0.3) is 5.56 Å². The first-order valence-electron chi connectivity index (χ1n) is 11.6. The topological polar surface area (TPSA) is 113 Å². The molecule has 0 N–H and O–H groups in total. The second-order valence-electron chi connectivity index (χ2n) is 8.41. The number of hydrogen-bond acceptors (Lipinski definition) is 7. The van der Waals surface area contributed by atoms with Gasteiger partial charge >= 0.3 is 5.69 Å². The lowest BCUT2D eigenvalue weighted by Gasteiger charge is -2.14. The van der Waals surface area contributed by atoms with E-state index in [0.29, 0.717) is 38.7 Å². The molecule has 5 rings (SSSR count). The molecule has 0 unspecified atom stereocenters. The lowest BCUT2D eigenvalue weighted by molar-refractivity contribution is -0.386. The summed E-state index contributed by atoms with van der Waals surface area (Å²) in [5.41, 5.74) is 0.928. The van der Waals surface area contributed by atoms with Crippen LogP contribution >= 0.6 is 15.9 Å². The summed E-state index contributed by atoms with van der Waals surface area (Å²) in [5, 5.41) is 17.4. The minimum atomic E-state index is -0.511. The highest BCUT2D eigenvalue weighted by molar-refractivity contribution is 9.10. The molecule has 10 heteroatoms. The SMILES string of the molecule is CC[C@@H](C)Oc1c(Br)cc(C=Nn2c(-c3cc4ccccc4o3)nc3ccccc3c2=O)cc1[N+](=O)[O-]. The molecule has 0 fully saturated rings. The van der Waals surface area contributed by atoms with Crippen LogP contribution in [0, 0.1) is 10.1 Å². The lowest BCUT2D eigenvalue weighted by atomic mass is 10.2. The number of rotatable bonds is 7. The molecular formula is C27H21BrN4O5. The predicted octanol–water partition coefficient (Wildman–Crippen LogP) is 6.54. The number of nitrogens with zero attached hydrogens (tertiary/aromatic N) is 4. The molecule has 0 aliphatic rings. The zero-order chi connectivity index (χ0) is 26.1. The largest absolute Gasteiger partial charge is 0.483 e. The van der Waals surface area contributed by atoms with Crippen LogP contribution in [-0.4, -0.2) is 26.9 Å². The minimum Gasteiger partial charge on any atom is -0.483 e. The van der Waals surface area contributed by atoms with Crippen LogP contribution in [0.4, 0.5) is 5.69 Å². The van der Waals surface area contributed by atoms with Crippen LogP contribution in [0.5, 0.6) is 5.75 Å². The molecule has 9 nitrogen and oxygen atoms in total. The summed E-state index contributed by atoms with van der Waals surface area (Å²) < 4.78 is 13.3. The smallest absolute Gasteiger partial charge is 0.312 e. The standard InChI is InChI=1S/C27H21BrN4O5/c1-3-16(2)36-25-20(28)12-17(13-22(25)32(34)35)15-29-31-26(24-14-18-8-4-7-11-23(18)37-24)30-21-10-6-5-9-19(21)27(31)33/h4-16H,3H2,1-2H3/t16-/m1/s1. The Balaban J connectivity index is 1.66. The van der Waals surface area contributed by atoms with Crippen molar-refractivity contribution in [1.29, 1.82) is 0 Å². The maximum absolute atomic E-state index is 13.4. The third-order valence-corrected chi connectivity index (χ3v) is 6.45. The Bertz CT molecular complexity index is 1710. The van der Waals surface area contributed by atoms with Crippen molar-refractivity contribution in [2.24, 2.45) is 5.10 Å². The van der Waals surface area contributed by atoms with Gasteiger partial charge in [-0.3, -0.25) is 14.9 Å².